The average molecular weight is 211 g/mol. The van der Waals surface area contributed by atoms with Gasteiger partial charge < -0.3 is 9.15 Å². The van der Waals surface area contributed by atoms with Gasteiger partial charge in [-0.3, -0.25) is 10.1 Å². The molecule has 0 aliphatic rings. The fraction of sp³-hybridized carbons (Fsp3) is 0.545. The minimum absolute atomic E-state index is 0.00375. The molecule has 0 saturated heterocycles. The summed E-state index contributed by atoms with van der Waals surface area (Å²) < 4.78 is 9.93. The molecule has 4 nitrogen and oxygen atoms in total. The fourth-order valence-electron chi connectivity index (χ4n) is 1.42. The highest BCUT2D eigenvalue weighted by atomic mass is 16.5. The van der Waals surface area contributed by atoms with E-state index in [-0.39, 0.29) is 18.1 Å². The number of carbonyl (C=O) groups excluding carboxylic acids is 1. The van der Waals surface area contributed by atoms with E-state index < -0.39 is 0 Å². The zero-order chi connectivity index (χ0) is 11.3. The van der Waals surface area contributed by atoms with E-state index in [4.69, 9.17) is 4.42 Å². The molecule has 0 amide bonds. The molecule has 84 valence electrons. The second-order valence-electron chi connectivity index (χ2n) is 3.39. The molecule has 1 rings (SSSR count). The van der Waals surface area contributed by atoms with Gasteiger partial charge in [-0.1, -0.05) is 6.92 Å². The average Bonchev–Trinajstić information content (AvgIpc) is 2.77. The third-order valence-electron chi connectivity index (χ3n) is 2.32. The molecule has 15 heavy (non-hydrogen) atoms. The van der Waals surface area contributed by atoms with Crippen LogP contribution in [0.3, 0.4) is 0 Å². The Morgan fingerprint density at radius 2 is 2.40 bits per heavy atom. The molecule has 0 aliphatic heterocycles. The van der Waals surface area contributed by atoms with Crippen molar-refractivity contribution in [3.8, 4) is 0 Å². The van der Waals surface area contributed by atoms with E-state index in [1.165, 1.54) is 7.11 Å². The highest BCUT2D eigenvalue weighted by molar-refractivity contribution is 5.75. The monoisotopic (exact) mass is 211 g/mol. The number of furan rings is 1. The molecule has 0 bridgehead atoms. The van der Waals surface area contributed by atoms with Crippen LogP contribution >= 0.6 is 0 Å². The minimum atomic E-state index is -0.282. The molecule has 1 heterocycles. The second kappa shape index (κ2) is 5.56. The predicted octanol–water partition coefficient (Wildman–Crippen LogP) is 1.88. The summed E-state index contributed by atoms with van der Waals surface area (Å²) in [5.41, 5.74) is 0. The van der Waals surface area contributed by atoms with Gasteiger partial charge in [-0.05, 0) is 25.5 Å². The second-order valence-corrected chi connectivity index (χ2v) is 3.39. The summed E-state index contributed by atoms with van der Waals surface area (Å²) in [6, 6.07) is 3.42. The third-order valence-corrected chi connectivity index (χ3v) is 2.32. The minimum Gasteiger partial charge on any atom is -0.468 e. The first kappa shape index (κ1) is 11.8. The van der Waals surface area contributed by atoms with Crippen molar-refractivity contribution in [2.24, 2.45) is 0 Å². The van der Waals surface area contributed by atoms with Crippen molar-refractivity contribution >= 4 is 5.97 Å². The van der Waals surface area contributed by atoms with Gasteiger partial charge in [0.15, 0.2) is 0 Å². The van der Waals surface area contributed by atoms with E-state index in [1.807, 2.05) is 26.0 Å². The van der Waals surface area contributed by atoms with Crippen LogP contribution in [0.2, 0.25) is 0 Å². The van der Waals surface area contributed by atoms with Crippen LogP contribution in [-0.4, -0.2) is 19.1 Å². The predicted molar refractivity (Wildman–Crippen MR) is 56.4 cm³/mol. The van der Waals surface area contributed by atoms with Gasteiger partial charge in [0, 0.05) is 0 Å². The Morgan fingerprint density at radius 1 is 1.67 bits per heavy atom. The SMILES string of the molecule is CCC(N[C@H](C)c1ccco1)C(=O)OC. The first-order chi connectivity index (χ1) is 7.19. The van der Waals surface area contributed by atoms with Crippen LogP contribution in [0.1, 0.15) is 32.1 Å². The van der Waals surface area contributed by atoms with Crippen LogP contribution in [0.5, 0.6) is 0 Å². The Hall–Kier alpha value is -1.29. The lowest BCUT2D eigenvalue weighted by Crippen LogP contribution is -2.38. The van der Waals surface area contributed by atoms with E-state index in [0.29, 0.717) is 6.42 Å². The smallest absolute Gasteiger partial charge is 0.322 e. The first-order valence-corrected chi connectivity index (χ1v) is 5.06. The molecule has 2 atom stereocenters. The van der Waals surface area contributed by atoms with Gasteiger partial charge in [-0.25, -0.2) is 0 Å². The number of methoxy groups -OCH3 is 1. The number of carbonyl (C=O) groups is 1. The van der Waals surface area contributed by atoms with E-state index >= 15 is 0 Å². The summed E-state index contributed by atoms with van der Waals surface area (Å²) >= 11 is 0. The molecule has 0 fully saturated rings. The topological polar surface area (TPSA) is 51.5 Å². The Kier molecular flexibility index (Phi) is 4.37. The summed E-state index contributed by atoms with van der Waals surface area (Å²) in [5, 5.41) is 3.15. The van der Waals surface area contributed by atoms with E-state index in [1.54, 1.807) is 6.26 Å². The molecule has 0 radical (unpaired) electrons. The molecule has 1 aromatic rings. The van der Waals surface area contributed by atoms with E-state index in [0.717, 1.165) is 5.76 Å². The Bertz CT molecular complexity index is 295. The lowest BCUT2D eigenvalue weighted by molar-refractivity contribution is -0.143. The van der Waals surface area contributed by atoms with Crippen molar-refractivity contribution in [3.63, 3.8) is 0 Å². The zero-order valence-electron chi connectivity index (χ0n) is 9.32. The molecule has 0 aromatic carbocycles. The normalized spacial score (nSPS) is 14.6. The maximum atomic E-state index is 11.3. The highest BCUT2D eigenvalue weighted by Gasteiger charge is 2.20. The van der Waals surface area contributed by atoms with Gasteiger partial charge in [-0.15, -0.1) is 0 Å². The van der Waals surface area contributed by atoms with Crippen LogP contribution in [0, 0.1) is 0 Å². The molecule has 0 saturated carbocycles. The first-order valence-electron chi connectivity index (χ1n) is 5.06. The molecule has 4 heteroatoms. The van der Waals surface area contributed by atoms with Crippen molar-refractivity contribution < 1.29 is 13.9 Å². The number of rotatable bonds is 5. The number of ether oxygens (including phenoxy) is 1. The maximum absolute atomic E-state index is 11.3. The van der Waals surface area contributed by atoms with Crippen molar-refractivity contribution in [1.82, 2.24) is 5.32 Å². The van der Waals surface area contributed by atoms with Gasteiger partial charge in [0.25, 0.3) is 0 Å². The van der Waals surface area contributed by atoms with Gasteiger partial charge in [0.1, 0.15) is 11.8 Å². The Labute approximate surface area is 89.6 Å². The molecule has 1 N–H and O–H groups in total. The number of esters is 1. The molecule has 1 aromatic heterocycles. The largest absolute Gasteiger partial charge is 0.468 e. The lowest BCUT2D eigenvalue weighted by Gasteiger charge is -2.18. The summed E-state index contributed by atoms with van der Waals surface area (Å²) in [6.07, 6.45) is 2.31. The molecule has 0 aliphatic carbocycles. The number of hydrogen-bond acceptors (Lipinski definition) is 4. The molecule has 1 unspecified atom stereocenters. The Balaban J connectivity index is 2.56. The van der Waals surface area contributed by atoms with Gasteiger partial charge in [0.05, 0.1) is 19.4 Å². The molecular weight excluding hydrogens is 194 g/mol. The quantitative estimate of drug-likeness (QED) is 0.755. The summed E-state index contributed by atoms with van der Waals surface area (Å²) in [6.45, 7) is 3.88. The van der Waals surface area contributed by atoms with Crippen LogP contribution < -0.4 is 5.32 Å². The standard InChI is InChI=1S/C11H17NO3/c1-4-9(11(13)14-3)12-8(2)10-6-5-7-15-10/h5-9,12H,4H2,1-3H3/t8-,9?/m1/s1. The van der Waals surface area contributed by atoms with E-state index in [2.05, 4.69) is 10.1 Å². The van der Waals surface area contributed by atoms with Gasteiger partial charge in [0.2, 0.25) is 0 Å². The zero-order valence-corrected chi connectivity index (χ0v) is 9.32. The van der Waals surface area contributed by atoms with Gasteiger partial charge >= 0.3 is 5.97 Å². The van der Waals surface area contributed by atoms with Gasteiger partial charge in [-0.2, -0.15) is 0 Å². The van der Waals surface area contributed by atoms with Crippen molar-refractivity contribution in [3.05, 3.63) is 24.2 Å². The van der Waals surface area contributed by atoms with E-state index in [9.17, 15) is 4.79 Å². The van der Waals surface area contributed by atoms with Crippen molar-refractivity contribution in [2.75, 3.05) is 7.11 Å². The number of hydrogen-bond donors (Lipinski definition) is 1. The van der Waals surface area contributed by atoms with Crippen LogP contribution in [0.25, 0.3) is 0 Å². The Morgan fingerprint density at radius 3 is 2.87 bits per heavy atom. The maximum Gasteiger partial charge on any atom is 0.322 e. The van der Waals surface area contributed by atoms with Crippen LogP contribution in [-0.2, 0) is 9.53 Å². The van der Waals surface area contributed by atoms with Crippen LogP contribution in [0.15, 0.2) is 22.8 Å². The number of nitrogens with one attached hydrogen (secondary N) is 1. The molecule has 0 spiro atoms. The fourth-order valence-corrected chi connectivity index (χ4v) is 1.42. The lowest BCUT2D eigenvalue weighted by atomic mass is 10.1. The van der Waals surface area contributed by atoms with Crippen LogP contribution in [0.4, 0.5) is 0 Å². The highest BCUT2D eigenvalue weighted by Crippen LogP contribution is 2.13. The summed E-state index contributed by atoms with van der Waals surface area (Å²) in [5.74, 6) is 0.577. The third kappa shape index (κ3) is 3.09. The van der Waals surface area contributed by atoms with Crippen molar-refractivity contribution in [2.45, 2.75) is 32.4 Å². The molecular formula is C11H17NO3. The summed E-state index contributed by atoms with van der Waals surface area (Å²) in [7, 11) is 1.39. The van der Waals surface area contributed by atoms with Crippen molar-refractivity contribution in [1.29, 1.82) is 0 Å². The summed E-state index contributed by atoms with van der Waals surface area (Å²) in [4.78, 5) is 11.3.